The molecule has 0 unspecified atom stereocenters. The van der Waals surface area contributed by atoms with Crippen LogP contribution in [0.4, 0.5) is 9.18 Å². The van der Waals surface area contributed by atoms with Crippen LogP contribution in [0.2, 0.25) is 0 Å². The first-order valence-corrected chi connectivity index (χ1v) is 13.2. The van der Waals surface area contributed by atoms with Crippen molar-refractivity contribution < 1.29 is 31.8 Å². The molecular formula is C23H31FN2O6S. The summed E-state index contributed by atoms with van der Waals surface area (Å²) in [5.41, 5.74) is 1.33. The summed E-state index contributed by atoms with van der Waals surface area (Å²) in [4.78, 5) is 14.6. The van der Waals surface area contributed by atoms with Crippen LogP contribution in [0, 0.1) is 5.82 Å². The summed E-state index contributed by atoms with van der Waals surface area (Å²) < 4.78 is 58.1. The summed E-state index contributed by atoms with van der Waals surface area (Å²) in [5.74, 6) is -0.161. The van der Waals surface area contributed by atoms with Gasteiger partial charge >= 0.3 is 6.09 Å². The molecule has 3 aliphatic heterocycles. The molecule has 8 nitrogen and oxygen atoms in total. The van der Waals surface area contributed by atoms with Crippen molar-refractivity contribution in [3.8, 4) is 0 Å². The minimum absolute atomic E-state index is 0.00466. The predicted octanol–water partition coefficient (Wildman–Crippen LogP) is 3.00. The van der Waals surface area contributed by atoms with Gasteiger partial charge in [-0.25, -0.2) is 22.3 Å². The van der Waals surface area contributed by atoms with Crippen LogP contribution in [0.1, 0.15) is 49.1 Å². The fourth-order valence-electron chi connectivity index (χ4n) is 5.33. The number of rotatable bonds is 4. The first-order chi connectivity index (χ1) is 15.8. The summed E-state index contributed by atoms with van der Waals surface area (Å²) in [6.07, 6.45) is 6.87. The van der Waals surface area contributed by atoms with E-state index < -0.39 is 34.2 Å². The highest BCUT2D eigenvalue weighted by Gasteiger charge is 2.46. The van der Waals surface area contributed by atoms with Gasteiger partial charge in [0.1, 0.15) is 5.82 Å². The van der Waals surface area contributed by atoms with Gasteiger partial charge < -0.3 is 14.2 Å². The Balaban J connectivity index is 1.67. The van der Waals surface area contributed by atoms with Crippen molar-refractivity contribution in [1.82, 2.24) is 9.62 Å². The lowest BCUT2D eigenvalue weighted by molar-refractivity contribution is -0.0120. The SMILES string of the molecule is COC[C@@H]1C[C@H](NS(C)(=O)=O)[C@@H]2COC3CCC(CC3)c3cccc(F)c3/C=C\OC(=O)N12. The summed E-state index contributed by atoms with van der Waals surface area (Å²) in [5, 5.41) is 0. The van der Waals surface area contributed by atoms with Crippen molar-refractivity contribution in [2.24, 2.45) is 0 Å². The van der Waals surface area contributed by atoms with Gasteiger partial charge in [-0.15, -0.1) is 0 Å². The molecule has 1 N–H and O–H groups in total. The number of hydrogen-bond acceptors (Lipinski definition) is 6. The van der Waals surface area contributed by atoms with Gasteiger partial charge in [0, 0.05) is 18.7 Å². The zero-order chi connectivity index (χ0) is 23.6. The number of fused-ring (bicyclic) bond motifs is 5. The number of hydrogen-bond donors (Lipinski definition) is 1. The number of amides is 1. The number of ether oxygens (including phenoxy) is 3. The molecule has 1 amide bonds. The summed E-state index contributed by atoms with van der Waals surface area (Å²) >= 11 is 0. The molecule has 1 saturated heterocycles. The van der Waals surface area contributed by atoms with Crippen LogP contribution in [0.25, 0.3) is 6.08 Å². The number of sulfonamides is 1. The minimum atomic E-state index is -3.51. The Morgan fingerprint density at radius 1 is 1.24 bits per heavy atom. The van der Waals surface area contributed by atoms with Crippen LogP contribution in [0.15, 0.2) is 24.5 Å². The Bertz CT molecular complexity index is 993. The molecule has 1 saturated carbocycles. The first-order valence-electron chi connectivity index (χ1n) is 11.3. The van der Waals surface area contributed by atoms with Crippen molar-refractivity contribution in [2.45, 2.75) is 62.3 Å². The average Bonchev–Trinajstić information content (AvgIpc) is 3.08. The minimum Gasteiger partial charge on any atom is -0.418 e. The number of nitrogens with one attached hydrogen (secondary N) is 1. The van der Waals surface area contributed by atoms with E-state index >= 15 is 0 Å². The maximum atomic E-state index is 14.6. The molecule has 1 aliphatic carbocycles. The molecule has 5 rings (SSSR count). The van der Waals surface area contributed by atoms with Crippen molar-refractivity contribution >= 4 is 22.2 Å². The fourth-order valence-corrected chi connectivity index (χ4v) is 6.14. The third kappa shape index (κ3) is 5.56. The quantitative estimate of drug-likeness (QED) is 0.709. The number of carbonyl (C=O) groups excluding carboxylic acids is 1. The topological polar surface area (TPSA) is 94.2 Å². The standard InChI is InChI=1S/C23H31FN2O6S/c1-30-13-16-12-21(25-33(2,28)29)22-14-32-17-8-6-15(7-9-17)18-4-3-5-20(24)19(18)10-11-31-23(27)26(16)22/h3-5,10-11,15-17,21-22,25H,6-9,12-14H2,1-2H3/b11-10-/t15?,16-,17?,21-,22-/m0/s1. The molecule has 33 heavy (non-hydrogen) atoms. The second kappa shape index (κ2) is 10.1. The Kier molecular flexibility index (Phi) is 7.37. The van der Waals surface area contributed by atoms with Gasteiger partial charge in [0.2, 0.25) is 10.0 Å². The lowest BCUT2D eigenvalue weighted by Crippen LogP contribution is -2.51. The van der Waals surface area contributed by atoms with E-state index in [-0.39, 0.29) is 31.1 Å². The Hall–Kier alpha value is -2.01. The first kappa shape index (κ1) is 24.1. The fraction of sp³-hybridized carbons (Fsp3) is 0.609. The Morgan fingerprint density at radius 3 is 2.70 bits per heavy atom. The molecule has 3 heterocycles. The van der Waals surface area contributed by atoms with Gasteiger partial charge in [-0.3, -0.25) is 4.90 Å². The van der Waals surface area contributed by atoms with Crippen LogP contribution in [0.3, 0.4) is 0 Å². The lowest BCUT2D eigenvalue weighted by Gasteiger charge is -2.34. The normalized spacial score (nSPS) is 31.4. The molecule has 0 aromatic heterocycles. The number of methoxy groups -OCH3 is 1. The van der Waals surface area contributed by atoms with E-state index in [0.29, 0.717) is 12.0 Å². The van der Waals surface area contributed by atoms with Crippen molar-refractivity contribution in [3.05, 3.63) is 41.4 Å². The lowest BCUT2D eigenvalue weighted by atomic mass is 9.80. The Labute approximate surface area is 194 Å². The zero-order valence-corrected chi connectivity index (χ0v) is 19.7. The average molecular weight is 483 g/mol. The van der Waals surface area contributed by atoms with Crippen molar-refractivity contribution in [3.63, 3.8) is 0 Å². The second-order valence-corrected chi connectivity index (χ2v) is 10.8. The highest BCUT2D eigenvalue weighted by Crippen LogP contribution is 2.37. The molecule has 0 spiro atoms. The van der Waals surface area contributed by atoms with E-state index in [1.54, 1.807) is 6.07 Å². The summed E-state index contributed by atoms with van der Waals surface area (Å²) in [6, 6.07) is 3.56. The second-order valence-electron chi connectivity index (χ2n) is 9.05. The third-order valence-corrected chi connectivity index (χ3v) is 7.51. The van der Waals surface area contributed by atoms with E-state index in [1.165, 1.54) is 30.4 Å². The highest BCUT2D eigenvalue weighted by molar-refractivity contribution is 7.88. The smallest absolute Gasteiger partial charge is 0.415 e. The van der Waals surface area contributed by atoms with Gasteiger partial charge in [-0.1, -0.05) is 12.1 Å². The Morgan fingerprint density at radius 2 is 2.00 bits per heavy atom. The molecule has 3 atom stereocenters. The summed E-state index contributed by atoms with van der Waals surface area (Å²) in [7, 11) is -1.98. The molecule has 2 bridgehead atoms. The van der Waals surface area contributed by atoms with Crippen molar-refractivity contribution in [2.75, 3.05) is 26.6 Å². The molecule has 10 heteroatoms. The summed E-state index contributed by atoms with van der Waals surface area (Å²) in [6.45, 7) is 0.409. The highest BCUT2D eigenvalue weighted by atomic mass is 32.2. The van der Waals surface area contributed by atoms with Gasteiger partial charge in [-0.05, 0) is 55.7 Å². The van der Waals surface area contributed by atoms with Crippen molar-refractivity contribution in [1.29, 1.82) is 0 Å². The van der Waals surface area contributed by atoms with Crippen LogP contribution in [0.5, 0.6) is 0 Å². The zero-order valence-electron chi connectivity index (χ0n) is 18.9. The number of halogens is 1. The molecule has 1 aromatic carbocycles. The van der Waals surface area contributed by atoms with E-state index in [0.717, 1.165) is 37.5 Å². The monoisotopic (exact) mass is 482 g/mol. The number of nitrogens with zero attached hydrogens (tertiary/aromatic N) is 1. The van der Waals surface area contributed by atoms with Gasteiger partial charge in [0.25, 0.3) is 0 Å². The van der Waals surface area contributed by atoms with Gasteiger partial charge in [0.05, 0.1) is 43.9 Å². The molecule has 4 aliphatic rings. The van der Waals surface area contributed by atoms with E-state index in [2.05, 4.69) is 4.72 Å². The molecule has 1 aromatic rings. The van der Waals surface area contributed by atoms with E-state index in [4.69, 9.17) is 14.2 Å². The molecule has 182 valence electrons. The third-order valence-electron chi connectivity index (χ3n) is 6.78. The molecular weight excluding hydrogens is 451 g/mol. The largest absolute Gasteiger partial charge is 0.418 e. The maximum absolute atomic E-state index is 14.6. The van der Waals surface area contributed by atoms with Crippen LogP contribution >= 0.6 is 0 Å². The molecule has 2 fully saturated rings. The van der Waals surface area contributed by atoms with Crippen LogP contribution in [-0.2, 0) is 24.2 Å². The number of benzene rings is 1. The predicted molar refractivity (Wildman–Crippen MR) is 121 cm³/mol. The van der Waals surface area contributed by atoms with E-state index in [1.807, 2.05) is 6.07 Å². The maximum Gasteiger partial charge on any atom is 0.415 e. The van der Waals surface area contributed by atoms with E-state index in [9.17, 15) is 17.6 Å². The van der Waals surface area contributed by atoms with Gasteiger partial charge in [-0.2, -0.15) is 0 Å². The van der Waals surface area contributed by atoms with Crippen LogP contribution < -0.4 is 4.72 Å². The number of carbonyl (C=O) groups is 1. The van der Waals surface area contributed by atoms with Gasteiger partial charge in [0.15, 0.2) is 0 Å². The van der Waals surface area contributed by atoms with Crippen LogP contribution in [-0.4, -0.2) is 70.2 Å². The molecule has 0 radical (unpaired) electrons.